The molecule has 16 heavy (non-hydrogen) atoms. The normalized spacial score (nSPS) is 13.0. The van der Waals surface area contributed by atoms with Gasteiger partial charge in [0.1, 0.15) is 0 Å². The van der Waals surface area contributed by atoms with Gasteiger partial charge in [-0.3, -0.25) is 0 Å². The summed E-state index contributed by atoms with van der Waals surface area (Å²) in [6, 6.07) is 11.3. The monoisotopic (exact) mass is 237 g/mol. The molecule has 0 heterocycles. The Morgan fingerprint density at radius 2 is 1.88 bits per heavy atom. The van der Waals surface area contributed by atoms with E-state index in [1.807, 2.05) is 11.8 Å². The Hall–Kier alpha value is -0.470. The van der Waals surface area contributed by atoms with Crippen molar-refractivity contribution in [3.63, 3.8) is 0 Å². The van der Waals surface area contributed by atoms with Gasteiger partial charge in [0.2, 0.25) is 0 Å². The van der Waals surface area contributed by atoms with E-state index in [0.717, 1.165) is 18.2 Å². The van der Waals surface area contributed by atoms with E-state index in [1.54, 1.807) is 0 Å². The number of hydrogen-bond acceptors (Lipinski definition) is 2. The predicted octanol–water partition coefficient (Wildman–Crippen LogP) is 3.80. The minimum atomic E-state index is 0.632. The summed E-state index contributed by atoms with van der Waals surface area (Å²) in [7, 11) is 0. The molecule has 0 aliphatic heterocycles. The third kappa shape index (κ3) is 5.57. The molecular formula is C14H23NS. The molecule has 0 saturated heterocycles. The highest BCUT2D eigenvalue weighted by molar-refractivity contribution is 7.99. The van der Waals surface area contributed by atoms with Crippen LogP contribution in [0.25, 0.3) is 0 Å². The first-order valence-electron chi connectivity index (χ1n) is 6.13. The standard InChI is InChI=1S/C14H23NS/c1-4-13(15-10-12(2)3)11-16-14-8-6-5-7-9-14/h5-9,12-13,15H,4,10-11H2,1-3H3. The smallest absolute Gasteiger partial charge is 0.0159 e. The summed E-state index contributed by atoms with van der Waals surface area (Å²) >= 11 is 1.94. The van der Waals surface area contributed by atoms with Gasteiger partial charge in [-0.1, -0.05) is 39.0 Å². The Balaban J connectivity index is 2.28. The fraction of sp³-hybridized carbons (Fsp3) is 0.571. The zero-order valence-corrected chi connectivity index (χ0v) is 11.4. The lowest BCUT2D eigenvalue weighted by Crippen LogP contribution is -2.33. The molecule has 0 saturated carbocycles. The van der Waals surface area contributed by atoms with E-state index in [-0.39, 0.29) is 0 Å². The van der Waals surface area contributed by atoms with Crippen LogP contribution in [0.1, 0.15) is 27.2 Å². The van der Waals surface area contributed by atoms with E-state index in [0.29, 0.717) is 6.04 Å². The van der Waals surface area contributed by atoms with Crippen LogP contribution < -0.4 is 5.32 Å². The van der Waals surface area contributed by atoms with Crippen LogP contribution >= 0.6 is 11.8 Å². The molecule has 0 aliphatic rings. The second-order valence-corrected chi connectivity index (χ2v) is 5.62. The van der Waals surface area contributed by atoms with Crippen molar-refractivity contribution in [2.45, 2.75) is 38.1 Å². The number of hydrogen-bond donors (Lipinski definition) is 1. The quantitative estimate of drug-likeness (QED) is 0.724. The van der Waals surface area contributed by atoms with Crippen molar-refractivity contribution in [1.82, 2.24) is 5.32 Å². The van der Waals surface area contributed by atoms with E-state index in [9.17, 15) is 0 Å². The van der Waals surface area contributed by atoms with Crippen LogP contribution in [-0.4, -0.2) is 18.3 Å². The molecule has 0 spiro atoms. The van der Waals surface area contributed by atoms with E-state index in [1.165, 1.54) is 11.3 Å². The Morgan fingerprint density at radius 3 is 2.44 bits per heavy atom. The summed E-state index contributed by atoms with van der Waals surface area (Å²) < 4.78 is 0. The third-order valence-electron chi connectivity index (χ3n) is 2.50. The van der Waals surface area contributed by atoms with Crippen LogP contribution in [0.3, 0.4) is 0 Å². The van der Waals surface area contributed by atoms with Crippen molar-refractivity contribution in [3.05, 3.63) is 30.3 Å². The predicted molar refractivity (Wildman–Crippen MR) is 74.1 cm³/mol. The van der Waals surface area contributed by atoms with Gasteiger partial charge in [0.15, 0.2) is 0 Å². The minimum Gasteiger partial charge on any atom is -0.313 e. The largest absolute Gasteiger partial charge is 0.313 e. The Bertz CT molecular complexity index is 271. The Labute approximate surface area is 104 Å². The molecule has 0 aliphatic carbocycles. The molecule has 0 bridgehead atoms. The SMILES string of the molecule is CCC(CSc1ccccc1)NCC(C)C. The van der Waals surface area contributed by atoms with Crippen LogP contribution in [0.4, 0.5) is 0 Å². The molecule has 2 heteroatoms. The lowest BCUT2D eigenvalue weighted by atomic mass is 10.2. The molecule has 1 aromatic carbocycles. The molecule has 1 rings (SSSR count). The third-order valence-corrected chi connectivity index (χ3v) is 3.68. The summed E-state index contributed by atoms with van der Waals surface area (Å²) in [5, 5.41) is 3.62. The average molecular weight is 237 g/mol. The highest BCUT2D eigenvalue weighted by Gasteiger charge is 2.06. The van der Waals surface area contributed by atoms with Crippen molar-refractivity contribution in [2.75, 3.05) is 12.3 Å². The minimum absolute atomic E-state index is 0.632. The topological polar surface area (TPSA) is 12.0 Å². The number of benzene rings is 1. The van der Waals surface area contributed by atoms with Gasteiger partial charge < -0.3 is 5.32 Å². The first kappa shape index (κ1) is 13.6. The van der Waals surface area contributed by atoms with Crippen LogP contribution in [0.2, 0.25) is 0 Å². The fourth-order valence-corrected chi connectivity index (χ4v) is 2.53. The first-order chi connectivity index (χ1) is 7.72. The number of thioether (sulfide) groups is 1. The molecule has 1 unspecified atom stereocenters. The molecule has 0 amide bonds. The first-order valence-corrected chi connectivity index (χ1v) is 7.12. The zero-order valence-electron chi connectivity index (χ0n) is 10.6. The van der Waals surface area contributed by atoms with Crippen molar-refractivity contribution in [1.29, 1.82) is 0 Å². The van der Waals surface area contributed by atoms with Crippen LogP contribution in [0.15, 0.2) is 35.2 Å². The lowest BCUT2D eigenvalue weighted by molar-refractivity contribution is 0.480. The fourth-order valence-electron chi connectivity index (χ4n) is 1.44. The van der Waals surface area contributed by atoms with Gasteiger partial charge in [0.25, 0.3) is 0 Å². The van der Waals surface area contributed by atoms with Gasteiger partial charge in [-0.2, -0.15) is 0 Å². The van der Waals surface area contributed by atoms with Gasteiger partial charge in [0, 0.05) is 16.7 Å². The van der Waals surface area contributed by atoms with Crippen molar-refractivity contribution >= 4 is 11.8 Å². The molecule has 0 radical (unpaired) electrons. The van der Waals surface area contributed by atoms with E-state index in [2.05, 4.69) is 56.4 Å². The van der Waals surface area contributed by atoms with E-state index < -0.39 is 0 Å². The van der Waals surface area contributed by atoms with E-state index in [4.69, 9.17) is 0 Å². The summed E-state index contributed by atoms with van der Waals surface area (Å²) in [6.45, 7) is 7.88. The van der Waals surface area contributed by atoms with Crippen molar-refractivity contribution in [2.24, 2.45) is 5.92 Å². The van der Waals surface area contributed by atoms with Crippen LogP contribution in [-0.2, 0) is 0 Å². The van der Waals surface area contributed by atoms with E-state index >= 15 is 0 Å². The zero-order chi connectivity index (χ0) is 11.8. The molecule has 1 aromatic rings. The van der Waals surface area contributed by atoms with Crippen molar-refractivity contribution < 1.29 is 0 Å². The molecule has 1 N–H and O–H groups in total. The Morgan fingerprint density at radius 1 is 1.19 bits per heavy atom. The molecule has 1 nitrogen and oxygen atoms in total. The van der Waals surface area contributed by atoms with Crippen LogP contribution in [0.5, 0.6) is 0 Å². The maximum atomic E-state index is 3.62. The Kier molecular flexibility index (Phi) is 6.58. The van der Waals surface area contributed by atoms with Gasteiger partial charge in [-0.05, 0) is 31.0 Å². The molecule has 0 fully saturated rings. The second kappa shape index (κ2) is 7.75. The molecule has 1 atom stereocenters. The highest BCUT2D eigenvalue weighted by Crippen LogP contribution is 2.18. The second-order valence-electron chi connectivity index (χ2n) is 4.53. The number of nitrogens with one attached hydrogen (secondary N) is 1. The van der Waals surface area contributed by atoms with Gasteiger partial charge in [-0.25, -0.2) is 0 Å². The summed E-state index contributed by atoms with van der Waals surface area (Å²) in [6.07, 6.45) is 1.20. The summed E-state index contributed by atoms with van der Waals surface area (Å²) in [5.74, 6) is 1.89. The molecule has 90 valence electrons. The average Bonchev–Trinajstić information content (AvgIpc) is 2.30. The van der Waals surface area contributed by atoms with Gasteiger partial charge in [0.05, 0.1) is 0 Å². The van der Waals surface area contributed by atoms with Crippen molar-refractivity contribution in [3.8, 4) is 0 Å². The number of rotatable bonds is 7. The van der Waals surface area contributed by atoms with Gasteiger partial charge >= 0.3 is 0 Å². The molecular weight excluding hydrogens is 214 g/mol. The van der Waals surface area contributed by atoms with Crippen LogP contribution in [0, 0.1) is 5.92 Å². The summed E-state index contributed by atoms with van der Waals surface area (Å²) in [5.41, 5.74) is 0. The summed E-state index contributed by atoms with van der Waals surface area (Å²) in [4.78, 5) is 1.37. The maximum Gasteiger partial charge on any atom is 0.0159 e. The highest BCUT2D eigenvalue weighted by atomic mass is 32.2. The lowest BCUT2D eigenvalue weighted by Gasteiger charge is -2.18. The van der Waals surface area contributed by atoms with Gasteiger partial charge in [-0.15, -0.1) is 11.8 Å². The molecule has 0 aromatic heterocycles. The maximum absolute atomic E-state index is 3.62.